The minimum Gasteiger partial charge on any atom is -0.441 e. The average molecular weight is 450 g/mol. The highest BCUT2D eigenvalue weighted by atomic mass is 16.6. The Morgan fingerprint density at radius 2 is 1.97 bits per heavy atom. The van der Waals surface area contributed by atoms with Gasteiger partial charge in [-0.2, -0.15) is 5.26 Å². The van der Waals surface area contributed by atoms with Crippen molar-refractivity contribution in [3.8, 4) is 17.3 Å². The summed E-state index contributed by atoms with van der Waals surface area (Å²) in [6.07, 6.45) is 5.79. The molecule has 3 fully saturated rings. The zero-order valence-electron chi connectivity index (χ0n) is 18.3. The first-order chi connectivity index (χ1) is 16.2. The normalized spacial score (nSPS) is 26.9. The first-order valence-electron chi connectivity index (χ1n) is 11.5. The van der Waals surface area contributed by atoms with Crippen LogP contribution in [0.5, 0.6) is 0 Å². The molecule has 9 heteroatoms. The molecule has 1 amide bonds. The molecule has 0 radical (unpaired) electrons. The van der Waals surface area contributed by atoms with Crippen LogP contribution in [-0.2, 0) is 14.2 Å². The van der Waals surface area contributed by atoms with Crippen LogP contribution in [0.25, 0.3) is 11.3 Å². The van der Waals surface area contributed by atoms with E-state index in [-0.39, 0.29) is 24.3 Å². The van der Waals surface area contributed by atoms with Gasteiger partial charge < -0.3 is 24.8 Å². The molecule has 3 heterocycles. The number of hydrogen-bond donors (Lipinski definition) is 2. The predicted octanol–water partition coefficient (Wildman–Crippen LogP) is 3.02. The van der Waals surface area contributed by atoms with E-state index in [1.165, 1.54) is 6.42 Å². The van der Waals surface area contributed by atoms with Gasteiger partial charge in [-0.15, -0.1) is 0 Å². The Hall–Kier alpha value is -3.22. The summed E-state index contributed by atoms with van der Waals surface area (Å²) < 4.78 is 17.5. The molecular weight excluding hydrogens is 422 g/mol. The standard InChI is InChI=1S/C24H27N5O4/c25-12-15-5-4-6-16(11-15)18-9-10-26-23(28-18)29-19-13-31-22-20(14-32-21(19)22)33-24(30)27-17-7-2-1-3-8-17/h4-6,9-11,17,19-22H,1-3,7-8,13-14H2,(H,27,30)(H,26,28,29). The molecule has 0 spiro atoms. The van der Waals surface area contributed by atoms with E-state index < -0.39 is 12.2 Å². The number of rotatable bonds is 5. The molecule has 5 rings (SSSR count). The zero-order chi connectivity index (χ0) is 22.6. The Balaban J connectivity index is 1.19. The second-order valence-electron chi connectivity index (χ2n) is 8.73. The van der Waals surface area contributed by atoms with Gasteiger partial charge in [-0.05, 0) is 31.0 Å². The third-order valence-corrected chi connectivity index (χ3v) is 6.45. The number of carbonyl (C=O) groups excluding carboxylic acids is 1. The number of aromatic nitrogens is 2. The third kappa shape index (κ3) is 4.92. The Bertz CT molecular complexity index is 1040. The lowest BCUT2D eigenvalue weighted by molar-refractivity contribution is 0.00314. The van der Waals surface area contributed by atoms with Crippen molar-refractivity contribution in [2.75, 3.05) is 18.5 Å². The van der Waals surface area contributed by atoms with Gasteiger partial charge in [0.25, 0.3) is 0 Å². The molecule has 2 aromatic rings. The first-order valence-corrected chi connectivity index (χ1v) is 11.5. The van der Waals surface area contributed by atoms with E-state index in [2.05, 4.69) is 26.7 Å². The van der Waals surface area contributed by atoms with E-state index in [0.29, 0.717) is 30.4 Å². The van der Waals surface area contributed by atoms with Crippen molar-refractivity contribution in [1.29, 1.82) is 5.26 Å². The van der Waals surface area contributed by atoms with Gasteiger partial charge in [-0.1, -0.05) is 31.4 Å². The quantitative estimate of drug-likeness (QED) is 0.715. The highest BCUT2D eigenvalue weighted by Gasteiger charge is 2.49. The minimum atomic E-state index is -0.439. The Kier molecular flexibility index (Phi) is 6.37. The summed E-state index contributed by atoms with van der Waals surface area (Å²) in [7, 11) is 0. The maximum absolute atomic E-state index is 12.3. The number of hydrogen-bond acceptors (Lipinski definition) is 8. The van der Waals surface area contributed by atoms with Crippen LogP contribution in [0.4, 0.5) is 10.7 Å². The first kappa shape index (κ1) is 21.6. The fourth-order valence-corrected chi connectivity index (χ4v) is 4.78. The third-order valence-electron chi connectivity index (χ3n) is 6.45. The summed E-state index contributed by atoms with van der Waals surface area (Å²) in [5.74, 6) is 0.451. The molecule has 172 valence electrons. The molecule has 1 aromatic heterocycles. The van der Waals surface area contributed by atoms with Crippen LogP contribution in [0, 0.1) is 11.3 Å². The lowest BCUT2D eigenvalue weighted by atomic mass is 9.96. The largest absolute Gasteiger partial charge is 0.441 e. The maximum Gasteiger partial charge on any atom is 0.407 e. The molecule has 9 nitrogen and oxygen atoms in total. The van der Waals surface area contributed by atoms with Crippen molar-refractivity contribution in [1.82, 2.24) is 15.3 Å². The number of anilines is 1. The summed E-state index contributed by atoms with van der Waals surface area (Å²) >= 11 is 0. The fraction of sp³-hybridized carbons (Fsp3) is 0.500. The molecule has 2 saturated heterocycles. The van der Waals surface area contributed by atoms with E-state index >= 15 is 0 Å². The lowest BCUT2D eigenvalue weighted by Gasteiger charge is -2.24. The van der Waals surface area contributed by atoms with Gasteiger partial charge in [0.05, 0.1) is 36.6 Å². The van der Waals surface area contributed by atoms with Crippen LogP contribution in [-0.4, -0.2) is 59.7 Å². The number of ether oxygens (including phenoxy) is 3. The van der Waals surface area contributed by atoms with Crippen LogP contribution < -0.4 is 10.6 Å². The van der Waals surface area contributed by atoms with Crippen molar-refractivity contribution >= 4 is 12.0 Å². The molecule has 4 atom stereocenters. The highest BCUT2D eigenvalue weighted by Crippen LogP contribution is 2.31. The smallest absolute Gasteiger partial charge is 0.407 e. The molecule has 1 aromatic carbocycles. The van der Waals surface area contributed by atoms with Crippen LogP contribution in [0.2, 0.25) is 0 Å². The number of benzene rings is 1. The van der Waals surface area contributed by atoms with Crippen molar-refractivity contribution in [2.45, 2.75) is 62.5 Å². The van der Waals surface area contributed by atoms with E-state index in [4.69, 9.17) is 19.5 Å². The molecule has 4 unspecified atom stereocenters. The Morgan fingerprint density at radius 3 is 2.82 bits per heavy atom. The molecule has 1 aliphatic carbocycles. The number of nitriles is 1. The minimum absolute atomic E-state index is 0.161. The van der Waals surface area contributed by atoms with Crippen LogP contribution >= 0.6 is 0 Å². The second-order valence-corrected chi connectivity index (χ2v) is 8.73. The van der Waals surface area contributed by atoms with Crippen molar-refractivity contribution in [3.63, 3.8) is 0 Å². The Labute approximate surface area is 192 Å². The predicted molar refractivity (Wildman–Crippen MR) is 119 cm³/mol. The maximum atomic E-state index is 12.3. The van der Waals surface area contributed by atoms with E-state index in [1.807, 2.05) is 12.1 Å². The van der Waals surface area contributed by atoms with Crippen LogP contribution in [0.3, 0.4) is 0 Å². The fourth-order valence-electron chi connectivity index (χ4n) is 4.78. The number of carbonyl (C=O) groups is 1. The number of nitrogens with zero attached hydrogens (tertiary/aromatic N) is 3. The van der Waals surface area contributed by atoms with Gasteiger partial charge in [-0.3, -0.25) is 0 Å². The van der Waals surface area contributed by atoms with Gasteiger partial charge in [-0.25, -0.2) is 14.8 Å². The lowest BCUT2D eigenvalue weighted by Crippen LogP contribution is -2.42. The van der Waals surface area contributed by atoms with Gasteiger partial charge in [0, 0.05) is 17.8 Å². The summed E-state index contributed by atoms with van der Waals surface area (Å²) in [6.45, 7) is 0.699. The van der Waals surface area contributed by atoms with Gasteiger partial charge in [0.15, 0.2) is 6.10 Å². The summed E-state index contributed by atoms with van der Waals surface area (Å²) in [5, 5.41) is 15.4. The highest BCUT2D eigenvalue weighted by molar-refractivity contribution is 5.68. The van der Waals surface area contributed by atoms with E-state index in [1.54, 1.807) is 24.4 Å². The molecule has 0 bridgehead atoms. The van der Waals surface area contributed by atoms with Crippen molar-refractivity contribution in [3.05, 3.63) is 42.1 Å². The molecule has 2 N–H and O–H groups in total. The van der Waals surface area contributed by atoms with Crippen molar-refractivity contribution in [2.24, 2.45) is 0 Å². The summed E-state index contributed by atoms with van der Waals surface area (Å²) in [4.78, 5) is 21.3. The van der Waals surface area contributed by atoms with Crippen molar-refractivity contribution < 1.29 is 19.0 Å². The van der Waals surface area contributed by atoms with Crippen LogP contribution in [0.1, 0.15) is 37.7 Å². The van der Waals surface area contributed by atoms with Gasteiger partial charge in [0.1, 0.15) is 12.2 Å². The number of amides is 1. The summed E-state index contributed by atoms with van der Waals surface area (Å²) in [5.41, 5.74) is 2.13. The second kappa shape index (κ2) is 9.73. The topological polar surface area (TPSA) is 118 Å². The molecule has 1 saturated carbocycles. The number of nitrogens with one attached hydrogen (secondary N) is 2. The average Bonchev–Trinajstić information content (AvgIpc) is 3.43. The van der Waals surface area contributed by atoms with Gasteiger partial charge >= 0.3 is 6.09 Å². The zero-order valence-corrected chi connectivity index (χ0v) is 18.3. The molecular formula is C24H27N5O4. The molecule has 33 heavy (non-hydrogen) atoms. The molecule has 3 aliphatic rings. The van der Waals surface area contributed by atoms with Crippen LogP contribution in [0.15, 0.2) is 36.5 Å². The SMILES string of the molecule is N#Cc1cccc(-c2ccnc(NC3COC4C(OC(=O)NC5CCCCC5)COC34)n2)c1. The monoisotopic (exact) mass is 449 g/mol. The van der Waals surface area contributed by atoms with Gasteiger partial charge in [0.2, 0.25) is 5.95 Å². The number of fused-ring (bicyclic) bond motifs is 1. The number of alkyl carbamates (subject to hydrolysis) is 1. The van der Waals surface area contributed by atoms with E-state index in [0.717, 1.165) is 31.2 Å². The Morgan fingerprint density at radius 1 is 1.12 bits per heavy atom. The van der Waals surface area contributed by atoms with E-state index in [9.17, 15) is 4.79 Å². The molecule has 2 aliphatic heterocycles. The summed E-state index contributed by atoms with van der Waals surface area (Å²) in [6, 6.07) is 11.3.